The molecular weight excluding hydrogens is 844 g/mol. The molecule has 316 valence electrons. The summed E-state index contributed by atoms with van der Waals surface area (Å²) in [7, 11) is 0. The van der Waals surface area contributed by atoms with E-state index in [4.69, 9.17) is 25.1 Å². The fourth-order valence-corrected chi connectivity index (χ4v) is 5.03. The van der Waals surface area contributed by atoms with Gasteiger partial charge in [-0.1, -0.05) is 0 Å². The summed E-state index contributed by atoms with van der Waals surface area (Å²) in [6, 6.07) is 3.74. The summed E-state index contributed by atoms with van der Waals surface area (Å²) in [5.74, 6) is -1.12. The number of alkyl halides is 6. The molecular formula is C35H48F7N4O8Pd-. The summed E-state index contributed by atoms with van der Waals surface area (Å²) >= 11 is 0. The molecule has 12 nitrogen and oxygen atoms in total. The van der Waals surface area contributed by atoms with Gasteiger partial charge >= 0.3 is 30.2 Å². The number of amides is 2. The minimum Gasteiger partial charge on any atom is -0.489 e. The molecule has 0 spiro atoms. The number of carbonyl (C=O) groups excluding carboxylic acids is 2. The number of nitrogens with two attached hydrogens (primary N) is 1. The van der Waals surface area contributed by atoms with Crippen molar-refractivity contribution in [2.24, 2.45) is 0 Å². The van der Waals surface area contributed by atoms with E-state index < -0.39 is 57.2 Å². The molecule has 2 aromatic rings. The summed E-state index contributed by atoms with van der Waals surface area (Å²) in [6.45, 7) is 12.3. The molecule has 4 rings (SSSR count). The van der Waals surface area contributed by atoms with Crippen LogP contribution >= 0.6 is 0 Å². The molecule has 2 atom stereocenters. The van der Waals surface area contributed by atoms with Crippen LogP contribution in [-0.2, 0) is 42.2 Å². The van der Waals surface area contributed by atoms with Gasteiger partial charge in [0.1, 0.15) is 23.6 Å². The van der Waals surface area contributed by atoms with Gasteiger partial charge in [-0.05, 0) is 97.6 Å². The summed E-state index contributed by atoms with van der Waals surface area (Å²) in [4.78, 5) is 35.9. The Labute approximate surface area is 329 Å². The molecule has 2 unspecified atom stereocenters. The first-order chi connectivity index (χ1) is 24.2. The second-order valence-electron chi connectivity index (χ2n) is 14.1. The van der Waals surface area contributed by atoms with Crippen molar-refractivity contribution in [3.05, 3.63) is 70.9 Å². The average Bonchev–Trinajstić information content (AvgIpc) is 3.68. The second kappa shape index (κ2) is 20.9. The Kier molecular flexibility index (Phi) is 19.4. The fraction of sp³-hybridized carbons (Fsp3) is 0.571. The van der Waals surface area contributed by atoms with Crippen molar-refractivity contribution in [3.63, 3.8) is 0 Å². The van der Waals surface area contributed by atoms with E-state index in [1.165, 1.54) is 6.07 Å². The van der Waals surface area contributed by atoms with Crippen molar-refractivity contribution in [2.75, 3.05) is 32.0 Å². The van der Waals surface area contributed by atoms with Crippen molar-refractivity contribution in [3.8, 4) is 5.75 Å². The zero-order chi connectivity index (χ0) is 40.5. The van der Waals surface area contributed by atoms with E-state index in [1.807, 2.05) is 20.8 Å². The number of anilines is 1. The second-order valence-corrected chi connectivity index (χ2v) is 14.1. The molecule has 2 saturated heterocycles. The molecule has 0 saturated carbocycles. The first-order valence-electron chi connectivity index (χ1n) is 16.4. The maximum absolute atomic E-state index is 12.7. The van der Waals surface area contributed by atoms with E-state index in [-0.39, 0.29) is 76.7 Å². The Bertz CT molecular complexity index is 1570. The zero-order valence-electron chi connectivity index (χ0n) is 31.5. The van der Waals surface area contributed by atoms with E-state index in [1.54, 1.807) is 30.6 Å². The number of nitrogen functional groups attached to an aromatic ring is 1. The number of nitro benzene ring substituents is 1. The largest absolute Gasteiger partial charge is 0.489 e. The third-order valence-corrected chi connectivity index (χ3v) is 7.46. The minimum absolute atomic E-state index is 0. The zero-order valence-corrected chi connectivity index (χ0v) is 33.0. The Morgan fingerprint density at radius 2 is 1.27 bits per heavy atom. The third kappa shape index (κ3) is 16.8. The smallest absolute Gasteiger partial charge is 0.416 e. The number of carbonyl (C=O) groups is 2. The Morgan fingerprint density at radius 1 is 0.836 bits per heavy atom. The number of ether oxygens (including phenoxy) is 3. The van der Waals surface area contributed by atoms with Gasteiger partial charge in [0, 0.05) is 39.6 Å². The van der Waals surface area contributed by atoms with Gasteiger partial charge in [0.2, 0.25) is 5.82 Å². The number of hydrogen-bond donors (Lipinski definition) is 2. The van der Waals surface area contributed by atoms with Crippen LogP contribution in [0.3, 0.4) is 0 Å². The van der Waals surface area contributed by atoms with Crippen LogP contribution in [0, 0.1) is 23.4 Å². The van der Waals surface area contributed by atoms with Crippen molar-refractivity contribution in [2.45, 2.75) is 103 Å². The Balaban J connectivity index is 0.000000837. The fourth-order valence-electron chi connectivity index (χ4n) is 5.03. The van der Waals surface area contributed by atoms with Crippen molar-refractivity contribution < 1.29 is 85.0 Å². The topological polar surface area (TPSA) is 158 Å². The summed E-state index contributed by atoms with van der Waals surface area (Å²) < 4.78 is 103. The maximum Gasteiger partial charge on any atom is 0.416 e. The number of halogens is 7. The van der Waals surface area contributed by atoms with Crippen molar-refractivity contribution in [1.82, 2.24) is 9.80 Å². The summed E-state index contributed by atoms with van der Waals surface area (Å²) in [5, 5.41) is 19.1. The molecule has 2 amide bonds. The number of nitrogens with zero attached hydrogens (tertiary/aromatic N) is 3. The molecule has 2 aliphatic rings. The third-order valence-electron chi connectivity index (χ3n) is 7.46. The number of hydrogen-bond acceptors (Lipinski definition) is 9. The standard InChI is InChI=1S/C17H23F3N2O3.C10H19NO3.C7H3F4NO2.CH3.Pd/c1-16(2,3)25-15(23)22-8-4-5-12(22)10-24-14-7-6-11(9-13(14)21)17(18,19)20;1-10(2,3)14-9(13)11-6-4-5-8(11)7-12;8-5-2-1-4(7(9,10)11)3-6(5)12(13)14;;/h6-7,9,12H,4-5,8,10,21H2,1-3H3;8,12H,4-7H2,1-3H3;1-3H;1H3;/q;;;-1;. The van der Waals surface area contributed by atoms with E-state index in [0.717, 1.165) is 37.8 Å². The molecule has 2 fully saturated rings. The van der Waals surface area contributed by atoms with Gasteiger partial charge in [0.15, 0.2) is 0 Å². The number of aliphatic hydroxyl groups is 1. The van der Waals surface area contributed by atoms with Gasteiger partial charge in [0.05, 0.1) is 40.4 Å². The number of aliphatic hydroxyl groups excluding tert-OH is 1. The molecule has 0 bridgehead atoms. The molecule has 0 aromatic heterocycles. The van der Waals surface area contributed by atoms with Crippen LogP contribution < -0.4 is 10.5 Å². The molecule has 2 aromatic carbocycles. The van der Waals surface area contributed by atoms with Gasteiger partial charge in [-0.15, -0.1) is 0 Å². The van der Waals surface area contributed by atoms with Crippen LogP contribution in [0.4, 0.5) is 51.7 Å². The maximum atomic E-state index is 12.7. The molecule has 0 aliphatic carbocycles. The molecule has 2 aliphatic heterocycles. The normalized spacial score (nSPS) is 17.0. The molecule has 0 radical (unpaired) electrons. The quantitative estimate of drug-likeness (QED) is 0.0749. The summed E-state index contributed by atoms with van der Waals surface area (Å²) in [6.07, 6.45) is -6.52. The number of benzene rings is 2. The van der Waals surface area contributed by atoms with Crippen LogP contribution in [0.5, 0.6) is 5.75 Å². The monoisotopic (exact) mass is 891 g/mol. The number of rotatable bonds is 5. The van der Waals surface area contributed by atoms with Gasteiger partial charge < -0.3 is 42.3 Å². The summed E-state index contributed by atoms with van der Waals surface area (Å²) in [5.41, 5.74) is 1.26. The first-order valence-corrected chi connectivity index (χ1v) is 16.4. The van der Waals surface area contributed by atoms with Crippen molar-refractivity contribution >= 4 is 23.6 Å². The van der Waals surface area contributed by atoms with Crippen LogP contribution in [0.15, 0.2) is 36.4 Å². The van der Waals surface area contributed by atoms with Crippen molar-refractivity contribution in [1.29, 1.82) is 0 Å². The van der Waals surface area contributed by atoms with E-state index >= 15 is 0 Å². The molecule has 3 N–H and O–H groups in total. The number of nitro groups is 1. The van der Waals surface area contributed by atoms with Gasteiger partial charge in [-0.25, -0.2) is 9.59 Å². The number of likely N-dealkylation sites (tertiary alicyclic amines) is 2. The predicted octanol–water partition coefficient (Wildman–Crippen LogP) is 8.64. The van der Waals surface area contributed by atoms with Crippen LogP contribution in [0.2, 0.25) is 0 Å². The minimum atomic E-state index is -4.71. The molecule has 2 heterocycles. The van der Waals surface area contributed by atoms with Gasteiger partial charge in [0.25, 0.3) is 0 Å². The average molecular weight is 892 g/mol. The van der Waals surface area contributed by atoms with Crippen LogP contribution in [0.1, 0.15) is 78.4 Å². The van der Waals surface area contributed by atoms with Crippen LogP contribution in [0.25, 0.3) is 0 Å². The molecule has 20 heteroatoms. The predicted molar refractivity (Wildman–Crippen MR) is 185 cm³/mol. The van der Waals surface area contributed by atoms with Gasteiger partial charge in [-0.2, -0.15) is 30.7 Å². The first kappa shape index (κ1) is 51.1. The Morgan fingerprint density at radius 3 is 1.69 bits per heavy atom. The Hall–Kier alpha value is -3.89. The SMILES string of the molecule is CC(C)(C)OC(=O)N1CCCC1CO.CC(C)(C)OC(=O)N1CCCC1COc1ccc(C(F)(F)F)cc1N.O=[N+]([O-])c1cc(C(F)(F)F)ccc1F.[CH3-].[Pd]. The van der Waals surface area contributed by atoms with E-state index in [0.29, 0.717) is 25.2 Å². The molecule has 55 heavy (non-hydrogen) atoms. The van der Waals surface area contributed by atoms with E-state index in [2.05, 4.69) is 0 Å². The van der Waals surface area contributed by atoms with Crippen LogP contribution in [-0.4, -0.2) is 81.6 Å². The van der Waals surface area contributed by atoms with Gasteiger partial charge in [-0.3, -0.25) is 10.1 Å². The van der Waals surface area contributed by atoms with E-state index in [9.17, 15) is 50.4 Å².